The molecule has 0 amide bonds. The third kappa shape index (κ3) is 34.8. The SMILES string of the molecule is C#CC#CC#CC#CC#CC#CC(=O)OC[C@H](COP(=O)([O-])[O-])OC(=O)CCCCCCCCCCC.S.[HH].[HH].[HH].[HH].[HH].[HH].[HH].[HH].[HH].[HH].[HH].[Na+].[Na+]. The molecule has 0 radical (unpaired) electrons. The molecule has 0 N–H and O–H groups in total. The van der Waals surface area contributed by atoms with Crippen LogP contribution in [0.2, 0.25) is 0 Å². The van der Waals surface area contributed by atoms with Crippen LogP contribution in [0.5, 0.6) is 0 Å². The van der Waals surface area contributed by atoms with E-state index in [1.165, 1.54) is 32.1 Å². The van der Waals surface area contributed by atoms with Gasteiger partial charge in [0.2, 0.25) is 0 Å². The normalized spacial score (nSPS) is 9.25. The van der Waals surface area contributed by atoms with Crippen LogP contribution in [0.1, 0.15) is 86.8 Å². The van der Waals surface area contributed by atoms with E-state index in [-0.39, 0.29) is 94.7 Å². The summed E-state index contributed by atoms with van der Waals surface area (Å²) in [5, 5.41) is 0. The molecule has 1 atom stereocenters. The molecule has 0 bridgehead atoms. The summed E-state index contributed by atoms with van der Waals surface area (Å²) in [6, 6.07) is 0. The first kappa shape index (κ1) is 45.7. The van der Waals surface area contributed by atoms with Gasteiger partial charge in [0.1, 0.15) is 6.61 Å². The molecule has 8 nitrogen and oxygen atoms in total. The van der Waals surface area contributed by atoms with Crippen molar-refractivity contribution in [3.63, 3.8) is 0 Å². The Balaban J connectivity index is -0.0000000712. The minimum atomic E-state index is -5.31. The Hall–Kier alpha value is -1.24. The molecule has 0 saturated carbocycles. The molecule has 0 aromatic carbocycles. The van der Waals surface area contributed by atoms with E-state index in [1.54, 1.807) is 0 Å². The molecular weight excluding hydrogens is 573 g/mol. The predicted octanol–water partition coefficient (Wildman–Crippen LogP) is -1.32. The summed E-state index contributed by atoms with van der Waals surface area (Å²) in [6.07, 6.45) is 13.3. The van der Waals surface area contributed by atoms with Crippen LogP contribution in [0, 0.1) is 71.5 Å². The fourth-order valence-electron chi connectivity index (χ4n) is 2.66. The number of rotatable bonds is 16. The zero-order valence-electron chi connectivity index (χ0n) is 23.4. The molecule has 0 fully saturated rings. The number of ether oxygens (including phenoxy) is 2. The third-order valence-corrected chi connectivity index (χ3v) is 4.80. The van der Waals surface area contributed by atoms with Crippen LogP contribution in [0.4, 0.5) is 0 Å². The Kier molecular flexibility index (Phi) is 36.9. The quantitative estimate of drug-likeness (QED) is 0.0517. The summed E-state index contributed by atoms with van der Waals surface area (Å²) in [6.45, 7) is 0.831. The summed E-state index contributed by atoms with van der Waals surface area (Å²) in [4.78, 5) is 45.3. The van der Waals surface area contributed by atoms with Crippen molar-refractivity contribution in [2.45, 2.75) is 77.2 Å². The van der Waals surface area contributed by atoms with Crippen LogP contribution in [0.15, 0.2) is 0 Å². The van der Waals surface area contributed by atoms with Gasteiger partial charge < -0.3 is 28.3 Å². The number of hydrogen-bond acceptors (Lipinski definition) is 8. The summed E-state index contributed by atoms with van der Waals surface area (Å²) < 4.78 is 24.9. The van der Waals surface area contributed by atoms with E-state index in [2.05, 4.69) is 76.6 Å². The maximum absolute atomic E-state index is 12.1. The van der Waals surface area contributed by atoms with E-state index in [0.717, 1.165) is 19.3 Å². The molecule has 0 aliphatic heterocycles. The molecule has 0 aromatic heterocycles. The van der Waals surface area contributed by atoms with Crippen molar-refractivity contribution in [2.75, 3.05) is 13.2 Å². The van der Waals surface area contributed by atoms with Gasteiger partial charge in [-0.3, -0.25) is 4.79 Å². The number of carbonyl (C=O) groups excluding carboxylic acids is 2. The van der Waals surface area contributed by atoms with Crippen LogP contribution >= 0.6 is 21.3 Å². The Morgan fingerprint density at radius 2 is 1.27 bits per heavy atom. The molecule has 0 heterocycles. The molecule has 0 aromatic rings. The van der Waals surface area contributed by atoms with Gasteiger partial charge in [-0.05, 0) is 65.6 Å². The van der Waals surface area contributed by atoms with E-state index in [1.807, 2.05) is 0 Å². The molecule has 0 aliphatic rings. The summed E-state index contributed by atoms with van der Waals surface area (Å²) in [5.41, 5.74) is 0. The number of hydrogen-bond donors (Lipinski definition) is 0. The molecule has 226 valence electrons. The maximum atomic E-state index is 12.1. The summed E-state index contributed by atoms with van der Waals surface area (Å²) in [5.74, 6) is 23.4. The van der Waals surface area contributed by atoms with Gasteiger partial charge in [-0.15, -0.1) is 6.42 Å². The van der Waals surface area contributed by atoms with Crippen molar-refractivity contribution in [2.24, 2.45) is 0 Å². The standard InChI is InChI=1S/C28H31O8P.2Na.H2S.11H2/c1-3-5-7-9-11-13-15-16-18-20-22-27(29)34-24-26(25-35-37(31,32)33)36-28(30)23-21-19-17-14-12-10-8-6-4-2;;;;;;;;;;;;;;/h1,26H,4,6,8,10,12,14,17,19,21,23-25H2,2H3,(H2,31,32,33);;;1H2;11*1H/q;2*+1;;;;;;;;;;;;/p-2/t26-;;;;;;;;;;;;;;/m1............../s1. The van der Waals surface area contributed by atoms with Gasteiger partial charge in [0, 0.05) is 28.0 Å². The van der Waals surface area contributed by atoms with Crippen LogP contribution in [0.25, 0.3) is 0 Å². The third-order valence-electron chi connectivity index (χ3n) is 4.34. The number of phosphoric ester groups is 1. The second-order valence-electron chi connectivity index (χ2n) is 7.43. The molecule has 40 heavy (non-hydrogen) atoms. The number of esters is 2. The van der Waals surface area contributed by atoms with Crippen molar-refractivity contribution in [1.29, 1.82) is 0 Å². The van der Waals surface area contributed by atoms with Crippen molar-refractivity contribution in [3.05, 3.63) is 0 Å². The van der Waals surface area contributed by atoms with Crippen molar-refractivity contribution >= 4 is 33.3 Å². The molecular formula is C28H53Na2O8PS. The Morgan fingerprint density at radius 3 is 1.77 bits per heavy atom. The van der Waals surface area contributed by atoms with Gasteiger partial charge >= 0.3 is 71.1 Å². The van der Waals surface area contributed by atoms with E-state index in [4.69, 9.17) is 15.9 Å². The predicted molar refractivity (Wildman–Crippen MR) is 168 cm³/mol. The van der Waals surface area contributed by atoms with Gasteiger partial charge in [-0.25, -0.2) is 4.79 Å². The van der Waals surface area contributed by atoms with Crippen molar-refractivity contribution in [3.8, 4) is 71.5 Å². The molecule has 0 saturated heterocycles. The maximum Gasteiger partial charge on any atom is 1.00 e. The largest absolute Gasteiger partial charge is 1.00 e. The van der Waals surface area contributed by atoms with Gasteiger partial charge in [0.25, 0.3) is 0 Å². The molecule has 0 aliphatic carbocycles. The fourth-order valence-corrected chi connectivity index (χ4v) is 3.01. The molecule has 0 rings (SSSR count). The zero-order valence-corrected chi connectivity index (χ0v) is 29.2. The van der Waals surface area contributed by atoms with E-state index >= 15 is 0 Å². The fraction of sp³-hybridized carbons (Fsp3) is 0.500. The number of unbranched alkanes of at least 4 members (excludes halogenated alkanes) is 8. The van der Waals surface area contributed by atoms with Crippen molar-refractivity contribution < 1.29 is 113 Å². The average molecular weight is 627 g/mol. The zero-order chi connectivity index (χ0) is 27.6. The van der Waals surface area contributed by atoms with E-state index in [9.17, 15) is 23.9 Å². The van der Waals surface area contributed by atoms with Crippen LogP contribution in [-0.2, 0) is 28.2 Å². The second-order valence-corrected chi connectivity index (χ2v) is 8.58. The summed E-state index contributed by atoms with van der Waals surface area (Å²) in [7, 11) is -5.31. The first-order chi connectivity index (χ1) is 17.8. The number of phosphoric acid groups is 1. The number of terminal acetylenes is 1. The Bertz CT molecular complexity index is 1170. The topological polar surface area (TPSA) is 125 Å². The molecule has 0 spiro atoms. The van der Waals surface area contributed by atoms with Crippen molar-refractivity contribution in [1.82, 2.24) is 0 Å². The first-order valence-corrected chi connectivity index (χ1v) is 13.2. The number of carbonyl (C=O) groups is 2. The van der Waals surface area contributed by atoms with Gasteiger partial charge in [0.05, 0.1) is 14.4 Å². The van der Waals surface area contributed by atoms with Crippen LogP contribution in [-0.4, -0.2) is 31.3 Å². The first-order valence-electron chi connectivity index (χ1n) is 11.8. The van der Waals surface area contributed by atoms with E-state index < -0.39 is 39.1 Å². The van der Waals surface area contributed by atoms with Gasteiger partial charge in [0.15, 0.2) is 6.10 Å². The summed E-state index contributed by atoms with van der Waals surface area (Å²) >= 11 is 0. The average Bonchev–Trinajstić information content (AvgIpc) is 2.85. The smallest absolute Gasteiger partial charge is 0.790 e. The van der Waals surface area contributed by atoms with Crippen LogP contribution in [0.3, 0.4) is 0 Å². The van der Waals surface area contributed by atoms with Crippen LogP contribution < -0.4 is 68.9 Å². The Labute approximate surface area is 306 Å². The monoisotopic (exact) mass is 626 g/mol. The second kappa shape index (κ2) is 32.3. The minimum absolute atomic E-state index is 0. The molecule has 12 heteroatoms. The van der Waals surface area contributed by atoms with E-state index in [0.29, 0.717) is 6.42 Å². The van der Waals surface area contributed by atoms with Gasteiger partial charge in [-0.2, -0.15) is 13.5 Å². The van der Waals surface area contributed by atoms with Gasteiger partial charge in [-0.1, -0.05) is 58.3 Å². The molecule has 0 unspecified atom stereocenters. The Morgan fingerprint density at radius 1 is 0.800 bits per heavy atom. The minimum Gasteiger partial charge on any atom is -0.790 e.